The summed E-state index contributed by atoms with van der Waals surface area (Å²) in [6, 6.07) is 6.55. The van der Waals surface area contributed by atoms with Gasteiger partial charge in [-0.25, -0.2) is 0 Å². The van der Waals surface area contributed by atoms with Crippen LogP contribution in [-0.2, 0) is 4.79 Å². The van der Waals surface area contributed by atoms with Crippen LogP contribution in [0.3, 0.4) is 0 Å². The lowest BCUT2D eigenvalue weighted by molar-refractivity contribution is -0.143. The third-order valence-corrected chi connectivity index (χ3v) is 3.82. The maximum Gasteiger partial charge on any atom is 0.308 e. The molecular weight excluding hydrogens is 284 g/mol. The van der Waals surface area contributed by atoms with E-state index in [0.717, 1.165) is 0 Å². The molecule has 0 aliphatic carbocycles. The summed E-state index contributed by atoms with van der Waals surface area (Å²) in [5, 5.41) is 9.10. The second kappa shape index (κ2) is 6.60. The third kappa shape index (κ3) is 3.44. The summed E-state index contributed by atoms with van der Waals surface area (Å²) in [6.07, 6.45) is 1.28. The highest BCUT2D eigenvalue weighted by Crippen LogP contribution is 2.19. The summed E-state index contributed by atoms with van der Waals surface area (Å²) in [7, 11) is 3.30. The number of carboxylic acids is 1. The smallest absolute Gasteiger partial charge is 0.308 e. The summed E-state index contributed by atoms with van der Waals surface area (Å²) >= 11 is 0. The van der Waals surface area contributed by atoms with Crippen LogP contribution >= 0.6 is 0 Å². The molecule has 1 fully saturated rings. The summed E-state index contributed by atoms with van der Waals surface area (Å²) in [5.41, 5.74) is 0.862. The fourth-order valence-electron chi connectivity index (χ4n) is 2.59. The van der Waals surface area contributed by atoms with Gasteiger partial charge >= 0.3 is 5.97 Å². The molecular formula is C16H20N2O4. The molecule has 118 valence electrons. The minimum atomic E-state index is -0.867. The monoisotopic (exact) mass is 304 g/mol. The quantitative estimate of drug-likeness (QED) is 0.913. The highest BCUT2D eigenvalue weighted by atomic mass is 16.4. The minimum Gasteiger partial charge on any atom is -0.481 e. The number of likely N-dealkylation sites (tertiary alicyclic amines) is 1. The molecule has 1 aromatic rings. The van der Waals surface area contributed by atoms with Gasteiger partial charge in [0.25, 0.3) is 11.8 Å². The largest absolute Gasteiger partial charge is 0.481 e. The Morgan fingerprint density at radius 3 is 2.55 bits per heavy atom. The predicted octanol–water partition coefficient (Wildman–Crippen LogP) is 1.33. The molecule has 0 radical (unpaired) electrons. The van der Waals surface area contributed by atoms with E-state index in [0.29, 0.717) is 30.5 Å². The van der Waals surface area contributed by atoms with E-state index in [1.165, 1.54) is 4.90 Å². The molecule has 2 rings (SSSR count). The van der Waals surface area contributed by atoms with Crippen LogP contribution in [0.25, 0.3) is 0 Å². The van der Waals surface area contributed by atoms with E-state index in [9.17, 15) is 14.4 Å². The van der Waals surface area contributed by atoms with Crippen molar-refractivity contribution >= 4 is 17.8 Å². The van der Waals surface area contributed by atoms with Gasteiger partial charge in [0, 0.05) is 38.3 Å². The zero-order valence-electron chi connectivity index (χ0n) is 12.8. The summed E-state index contributed by atoms with van der Waals surface area (Å²) in [4.78, 5) is 38.6. The standard InChI is InChI=1S/C16H20N2O4/c1-17(2)14(19)11-5-3-6-12(9-11)15(20)18-8-4-7-13(10-18)16(21)22/h3,5-6,9,13H,4,7-8,10H2,1-2H3,(H,21,22)/t13-/m0/s1. The Morgan fingerprint density at radius 1 is 1.23 bits per heavy atom. The van der Waals surface area contributed by atoms with Gasteiger partial charge in [0.05, 0.1) is 5.92 Å². The van der Waals surface area contributed by atoms with Crippen LogP contribution in [0.1, 0.15) is 33.6 Å². The molecule has 0 aromatic heterocycles. The molecule has 0 spiro atoms. The maximum atomic E-state index is 12.5. The number of carbonyl (C=O) groups excluding carboxylic acids is 2. The molecule has 0 saturated carbocycles. The SMILES string of the molecule is CN(C)C(=O)c1cccc(C(=O)N2CCC[C@H](C(=O)O)C2)c1. The van der Waals surface area contributed by atoms with Crippen LogP contribution in [0.15, 0.2) is 24.3 Å². The Balaban J connectivity index is 2.17. The lowest BCUT2D eigenvalue weighted by Crippen LogP contribution is -2.42. The van der Waals surface area contributed by atoms with Crippen molar-refractivity contribution in [1.29, 1.82) is 0 Å². The van der Waals surface area contributed by atoms with Crippen molar-refractivity contribution in [2.45, 2.75) is 12.8 Å². The Kier molecular flexibility index (Phi) is 4.80. The lowest BCUT2D eigenvalue weighted by atomic mass is 9.97. The molecule has 22 heavy (non-hydrogen) atoms. The van der Waals surface area contributed by atoms with E-state index in [2.05, 4.69) is 0 Å². The van der Waals surface area contributed by atoms with Gasteiger partial charge in [0.1, 0.15) is 0 Å². The number of hydrogen-bond acceptors (Lipinski definition) is 3. The van der Waals surface area contributed by atoms with Crippen molar-refractivity contribution in [3.05, 3.63) is 35.4 Å². The summed E-state index contributed by atoms with van der Waals surface area (Å²) in [5.74, 6) is -1.77. The normalized spacial score (nSPS) is 17.9. The van der Waals surface area contributed by atoms with Crippen molar-refractivity contribution in [2.24, 2.45) is 5.92 Å². The van der Waals surface area contributed by atoms with E-state index in [1.807, 2.05) is 0 Å². The average molecular weight is 304 g/mol. The molecule has 0 unspecified atom stereocenters. The van der Waals surface area contributed by atoms with Crippen LogP contribution in [0, 0.1) is 5.92 Å². The maximum absolute atomic E-state index is 12.5. The molecule has 1 N–H and O–H groups in total. The highest BCUT2D eigenvalue weighted by molar-refractivity contribution is 5.99. The van der Waals surface area contributed by atoms with Crippen molar-refractivity contribution in [2.75, 3.05) is 27.2 Å². The first-order valence-corrected chi connectivity index (χ1v) is 7.24. The zero-order chi connectivity index (χ0) is 16.3. The third-order valence-electron chi connectivity index (χ3n) is 3.82. The van der Waals surface area contributed by atoms with Gasteiger partial charge < -0.3 is 14.9 Å². The van der Waals surface area contributed by atoms with Crippen molar-refractivity contribution in [3.63, 3.8) is 0 Å². The first-order chi connectivity index (χ1) is 10.4. The van der Waals surface area contributed by atoms with Crippen molar-refractivity contribution in [3.8, 4) is 0 Å². The average Bonchev–Trinajstić information content (AvgIpc) is 2.53. The van der Waals surface area contributed by atoms with Gasteiger partial charge in [0.15, 0.2) is 0 Å². The van der Waals surface area contributed by atoms with E-state index in [1.54, 1.807) is 43.3 Å². The number of carbonyl (C=O) groups is 3. The van der Waals surface area contributed by atoms with Crippen molar-refractivity contribution in [1.82, 2.24) is 9.80 Å². The molecule has 0 bridgehead atoms. The predicted molar refractivity (Wildman–Crippen MR) is 80.7 cm³/mol. The Morgan fingerprint density at radius 2 is 1.91 bits per heavy atom. The van der Waals surface area contributed by atoms with Crippen LogP contribution in [-0.4, -0.2) is 59.9 Å². The van der Waals surface area contributed by atoms with Crippen LogP contribution in [0.2, 0.25) is 0 Å². The Hall–Kier alpha value is -2.37. The fraction of sp³-hybridized carbons (Fsp3) is 0.438. The Bertz CT molecular complexity index is 598. The second-order valence-corrected chi connectivity index (χ2v) is 5.71. The first-order valence-electron chi connectivity index (χ1n) is 7.24. The molecule has 6 nitrogen and oxygen atoms in total. The summed E-state index contributed by atoms with van der Waals surface area (Å²) in [6.45, 7) is 0.772. The van der Waals surface area contributed by atoms with E-state index in [4.69, 9.17) is 5.11 Å². The lowest BCUT2D eigenvalue weighted by Gasteiger charge is -2.30. The number of hydrogen-bond donors (Lipinski definition) is 1. The molecule has 1 atom stereocenters. The van der Waals surface area contributed by atoms with Crippen LogP contribution < -0.4 is 0 Å². The molecule has 1 aliphatic heterocycles. The molecule has 1 aliphatic rings. The molecule has 6 heteroatoms. The van der Waals surface area contributed by atoms with Gasteiger partial charge in [-0.05, 0) is 31.0 Å². The van der Waals surface area contributed by atoms with Gasteiger partial charge in [-0.2, -0.15) is 0 Å². The van der Waals surface area contributed by atoms with Crippen LogP contribution in [0.4, 0.5) is 0 Å². The minimum absolute atomic E-state index is 0.170. The van der Waals surface area contributed by atoms with Crippen molar-refractivity contribution < 1.29 is 19.5 Å². The van der Waals surface area contributed by atoms with E-state index < -0.39 is 11.9 Å². The molecule has 1 heterocycles. The number of nitrogens with zero attached hydrogens (tertiary/aromatic N) is 2. The number of amides is 2. The summed E-state index contributed by atoms with van der Waals surface area (Å²) < 4.78 is 0. The second-order valence-electron chi connectivity index (χ2n) is 5.71. The molecule has 1 saturated heterocycles. The zero-order valence-corrected chi connectivity index (χ0v) is 12.8. The van der Waals surface area contributed by atoms with E-state index in [-0.39, 0.29) is 18.4 Å². The van der Waals surface area contributed by atoms with Gasteiger partial charge in [-0.1, -0.05) is 6.07 Å². The van der Waals surface area contributed by atoms with Gasteiger partial charge in [-0.3, -0.25) is 14.4 Å². The number of benzene rings is 1. The van der Waals surface area contributed by atoms with Gasteiger partial charge in [0.2, 0.25) is 0 Å². The highest BCUT2D eigenvalue weighted by Gasteiger charge is 2.28. The number of carboxylic acid groups (broad SMARTS) is 1. The number of aliphatic carboxylic acids is 1. The molecule has 1 aromatic carbocycles. The Labute approximate surface area is 129 Å². The molecule has 2 amide bonds. The van der Waals surface area contributed by atoms with E-state index >= 15 is 0 Å². The number of rotatable bonds is 3. The fourth-order valence-corrected chi connectivity index (χ4v) is 2.59. The van der Waals surface area contributed by atoms with Crippen LogP contribution in [0.5, 0.6) is 0 Å². The topological polar surface area (TPSA) is 77.9 Å². The first kappa shape index (κ1) is 16.0. The van der Waals surface area contributed by atoms with Gasteiger partial charge in [-0.15, -0.1) is 0 Å². The number of piperidine rings is 1.